The molecule has 33 heavy (non-hydrogen) atoms. The number of amides is 1. The largest absolute Gasteiger partial charge is 0.433 e. The van der Waals surface area contributed by atoms with Crippen LogP contribution in [0.3, 0.4) is 0 Å². The first-order valence-electron chi connectivity index (χ1n) is 11.3. The number of nitrogens with one attached hydrogen (secondary N) is 1. The van der Waals surface area contributed by atoms with E-state index in [1.54, 1.807) is 18.3 Å². The van der Waals surface area contributed by atoms with Crippen molar-refractivity contribution in [1.82, 2.24) is 15.2 Å². The van der Waals surface area contributed by atoms with Crippen LogP contribution in [0, 0.1) is 10.1 Å². The van der Waals surface area contributed by atoms with Crippen LogP contribution in [-0.2, 0) is 0 Å². The zero-order valence-electron chi connectivity index (χ0n) is 19.3. The van der Waals surface area contributed by atoms with Gasteiger partial charge in [0.1, 0.15) is 10.7 Å². The van der Waals surface area contributed by atoms with E-state index in [-0.39, 0.29) is 17.8 Å². The van der Waals surface area contributed by atoms with Gasteiger partial charge in [-0.25, -0.2) is 0 Å². The number of hydrogen-bond donors (Lipinski definition) is 1. The molecule has 0 saturated carbocycles. The number of nitro groups is 1. The van der Waals surface area contributed by atoms with Gasteiger partial charge in [-0.1, -0.05) is 38.1 Å². The molecule has 3 aromatic rings. The summed E-state index contributed by atoms with van der Waals surface area (Å²) >= 11 is 0. The lowest BCUT2D eigenvalue weighted by molar-refractivity contribution is -0.402. The van der Waals surface area contributed by atoms with E-state index in [4.69, 9.17) is 4.42 Å². The number of rotatable bonds is 11. The first kappa shape index (κ1) is 24.1. The second-order valence-electron chi connectivity index (χ2n) is 7.92. The molecule has 0 aliphatic rings. The standard InChI is InChI=1S/C25H30N4O4/c1-4-28(5-2)16-8-9-18(3)27-25(30)24-21-11-7-6-10-19(21)17-26-22(24)14-12-20-13-15-23(33-20)29(31)32/h6-7,10-15,17-18H,4-5,8-9,16H2,1-3H3,(H,27,30)/b14-12+. The van der Waals surface area contributed by atoms with E-state index in [0.717, 1.165) is 43.2 Å². The Bertz CT molecular complexity index is 1130. The molecule has 1 aromatic carbocycles. The summed E-state index contributed by atoms with van der Waals surface area (Å²) in [6.45, 7) is 9.36. The quantitative estimate of drug-likeness (QED) is 0.320. The number of aromatic nitrogens is 1. The van der Waals surface area contributed by atoms with E-state index in [1.807, 2.05) is 31.2 Å². The molecule has 2 aromatic heterocycles. The molecule has 3 rings (SSSR count). The van der Waals surface area contributed by atoms with Crippen molar-refractivity contribution < 1.29 is 14.1 Å². The predicted octanol–water partition coefficient (Wildman–Crippen LogP) is 5.15. The van der Waals surface area contributed by atoms with Crippen LogP contribution in [0.5, 0.6) is 0 Å². The minimum absolute atomic E-state index is 0.0107. The van der Waals surface area contributed by atoms with Crippen LogP contribution in [0.2, 0.25) is 0 Å². The molecule has 0 saturated heterocycles. The predicted molar refractivity (Wildman–Crippen MR) is 130 cm³/mol. The molecule has 8 nitrogen and oxygen atoms in total. The summed E-state index contributed by atoms with van der Waals surface area (Å²) in [7, 11) is 0. The molecule has 1 N–H and O–H groups in total. The highest BCUT2D eigenvalue weighted by Crippen LogP contribution is 2.24. The Labute approximate surface area is 193 Å². The van der Waals surface area contributed by atoms with Crippen molar-refractivity contribution in [2.24, 2.45) is 0 Å². The number of pyridine rings is 1. The molecule has 0 spiro atoms. The Morgan fingerprint density at radius 2 is 1.97 bits per heavy atom. The third-order valence-corrected chi connectivity index (χ3v) is 5.64. The normalized spacial score (nSPS) is 12.5. The Balaban J connectivity index is 1.81. The van der Waals surface area contributed by atoms with Gasteiger partial charge in [-0.3, -0.25) is 19.9 Å². The number of benzene rings is 1. The van der Waals surface area contributed by atoms with Crippen molar-refractivity contribution in [2.45, 2.75) is 39.7 Å². The second-order valence-corrected chi connectivity index (χ2v) is 7.92. The third kappa shape index (κ3) is 6.26. The Kier molecular flexibility index (Phi) is 8.32. The van der Waals surface area contributed by atoms with E-state index in [2.05, 4.69) is 29.0 Å². The van der Waals surface area contributed by atoms with Crippen LogP contribution in [-0.4, -0.2) is 46.4 Å². The molecule has 0 radical (unpaired) electrons. The highest BCUT2D eigenvalue weighted by molar-refractivity contribution is 6.09. The van der Waals surface area contributed by atoms with E-state index >= 15 is 0 Å². The number of carbonyl (C=O) groups excluding carboxylic acids is 1. The van der Waals surface area contributed by atoms with Gasteiger partial charge in [-0.2, -0.15) is 0 Å². The smallest absolute Gasteiger partial charge is 0.401 e. The van der Waals surface area contributed by atoms with Gasteiger partial charge in [0.2, 0.25) is 0 Å². The van der Waals surface area contributed by atoms with Crippen molar-refractivity contribution in [3.05, 3.63) is 69.7 Å². The molecular formula is C25H30N4O4. The monoisotopic (exact) mass is 450 g/mol. The van der Waals surface area contributed by atoms with Gasteiger partial charge in [-0.15, -0.1) is 0 Å². The molecule has 1 amide bonds. The van der Waals surface area contributed by atoms with E-state index in [9.17, 15) is 14.9 Å². The van der Waals surface area contributed by atoms with E-state index in [0.29, 0.717) is 17.0 Å². The SMILES string of the molecule is CCN(CC)CCCC(C)NC(=O)c1c(/C=C/c2ccc([N+](=O)[O-])o2)ncc2ccccc12. The lowest BCUT2D eigenvalue weighted by Crippen LogP contribution is -2.34. The number of carbonyl (C=O) groups is 1. The summed E-state index contributed by atoms with van der Waals surface area (Å²) < 4.78 is 5.18. The topological polar surface area (TPSA) is 102 Å². The first-order chi connectivity index (χ1) is 15.9. The van der Waals surface area contributed by atoms with Crippen LogP contribution >= 0.6 is 0 Å². The van der Waals surface area contributed by atoms with E-state index in [1.165, 1.54) is 12.1 Å². The van der Waals surface area contributed by atoms with Gasteiger partial charge in [0.25, 0.3) is 5.91 Å². The maximum atomic E-state index is 13.3. The van der Waals surface area contributed by atoms with Crippen LogP contribution in [0.15, 0.2) is 47.0 Å². The fourth-order valence-corrected chi connectivity index (χ4v) is 3.76. The summed E-state index contributed by atoms with van der Waals surface area (Å²) in [6, 6.07) is 10.4. The fourth-order valence-electron chi connectivity index (χ4n) is 3.76. The Hall–Kier alpha value is -3.52. The maximum Gasteiger partial charge on any atom is 0.433 e. The molecule has 0 bridgehead atoms. The van der Waals surface area contributed by atoms with Gasteiger partial charge >= 0.3 is 5.88 Å². The lowest BCUT2D eigenvalue weighted by Gasteiger charge is -2.20. The maximum absolute atomic E-state index is 13.3. The number of nitrogens with zero attached hydrogens (tertiary/aromatic N) is 3. The summed E-state index contributed by atoms with van der Waals surface area (Å²) in [6.07, 6.45) is 6.82. The molecule has 1 unspecified atom stereocenters. The molecule has 0 aliphatic heterocycles. The molecule has 8 heteroatoms. The highest BCUT2D eigenvalue weighted by atomic mass is 16.6. The fraction of sp³-hybridized carbons (Fsp3) is 0.360. The van der Waals surface area contributed by atoms with Gasteiger partial charge in [-0.05, 0) is 63.0 Å². The molecule has 0 fully saturated rings. The molecule has 2 heterocycles. The zero-order valence-corrected chi connectivity index (χ0v) is 19.3. The molecular weight excluding hydrogens is 420 g/mol. The summed E-state index contributed by atoms with van der Waals surface area (Å²) in [5, 5.41) is 15.6. The Morgan fingerprint density at radius 3 is 2.67 bits per heavy atom. The van der Waals surface area contributed by atoms with Gasteiger partial charge in [0, 0.05) is 17.6 Å². The second kappa shape index (κ2) is 11.4. The van der Waals surface area contributed by atoms with Crippen molar-refractivity contribution in [1.29, 1.82) is 0 Å². The number of furan rings is 1. The lowest BCUT2D eigenvalue weighted by atomic mass is 10.0. The van der Waals surface area contributed by atoms with Crippen molar-refractivity contribution in [3.63, 3.8) is 0 Å². The van der Waals surface area contributed by atoms with Crippen LogP contribution < -0.4 is 5.32 Å². The molecule has 174 valence electrons. The van der Waals surface area contributed by atoms with E-state index < -0.39 is 4.92 Å². The minimum Gasteiger partial charge on any atom is -0.401 e. The van der Waals surface area contributed by atoms with Gasteiger partial charge in [0.15, 0.2) is 0 Å². The molecule has 0 aliphatic carbocycles. The van der Waals surface area contributed by atoms with Crippen LogP contribution in [0.4, 0.5) is 5.88 Å². The summed E-state index contributed by atoms with van der Waals surface area (Å²) in [5.41, 5.74) is 0.946. The van der Waals surface area contributed by atoms with Crippen molar-refractivity contribution in [2.75, 3.05) is 19.6 Å². The summed E-state index contributed by atoms with van der Waals surface area (Å²) in [4.78, 5) is 30.4. The van der Waals surface area contributed by atoms with Crippen LogP contribution in [0.1, 0.15) is 55.4 Å². The van der Waals surface area contributed by atoms with Crippen molar-refractivity contribution >= 4 is 34.7 Å². The minimum atomic E-state index is -0.591. The average Bonchev–Trinajstić information content (AvgIpc) is 3.29. The first-order valence-corrected chi connectivity index (χ1v) is 11.3. The van der Waals surface area contributed by atoms with Crippen molar-refractivity contribution in [3.8, 4) is 0 Å². The average molecular weight is 451 g/mol. The third-order valence-electron chi connectivity index (χ3n) is 5.64. The zero-order chi connectivity index (χ0) is 23.8. The van der Waals surface area contributed by atoms with Crippen LogP contribution in [0.25, 0.3) is 22.9 Å². The van der Waals surface area contributed by atoms with Gasteiger partial charge in [0.05, 0.1) is 17.3 Å². The summed E-state index contributed by atoms with van der Waals surface area (Å²) in [5.74, 6) is -0.217. The Morgan fingerprint density at radius 1 is 1.21 bits per heavy atom. The van der Waals surface area contributed by atoms with Gasteiger partial charge < -0.3 is 14.6 Å². The number of fused-ring (bicyclic) bond motifs is 1. The molecule has 1 atom stereocenters. The highest BCUT2D eigenvalue weighted by Gasteiger charge is 2.18. The number of hydrogen-bond acceptors (Lipinski definition) is 6.